The van der Waals surface area contributed by atoms with Gasteiger partial charge in [0.05, 0.1) is 13.2 Å². The van der Waals surface area contributed by atoms with Crippen molar-refractivity contribution in [3.63, 3.8) is 0 Å². The summed E-state index contributed by atoms with van der Waals surface area (Å²) in [6.45, 7) is 5.69. The molecule has 7 nitrogen and oxygen atoms in total. The lowest BCUT2D eigenvalue weighted by atomic mass is 10.0. The summed E-state index contributed by atoms with van der Waals surface area (Å²) in [7, 11) is 0. The summed E-state index contributed by atoms with van der Waals surface area (Å²) in [5, 5.41) is 1.87. The molecule has 4 rings (SSSR count). The maximum Gasteiger partial charge on any atom is 0.336 e. The Morgan fingerprint density at radius 2 is 1.09 bits per heavy atom. The summed E-state index contributed by atoms with van der Waals surface area (Å²) in [5.74, 6) is 1.30. The predicted octanol–water partition coefficient (Wildman–Crippen LogP) is 5.28. The van der Waals surface area contributed by atoms with E-state index in [9.17, 15) is 9.59 Å². The predicted molar refractivity (Wildman–Crippen MR) is 135 cm³/mol. The smallest absolute Gasteiger partial charge is 0.336 e. The fourth-order valence-corrected chi connectivity index (χ4v) is 4.11. The number of benzene rings is 2. The van der Waals surface area contributed by atoms with Crippen molar-refractivity contribution in [3.05, 3.63) is 80.5 Å². The molecule has 0 saturated carbocycles. The van der Waals surface area contributed by atoms with Crippen LogP contribution in [-0.4, -0.2) is 26.4 Å². The van der Waals surface area contributed by atoms with Crippen molar-refractivity contribution >= 4 is 21.9 Å². The SMILES string of the molecule is CCCc1cc(OCCOCCOc2cc(CCC)c3ccc(=O)oc3c2)cc2oc(=O)ccc12. The van der Waals surface area contributed by atoms with E-state index in [1.54, 1.807) is 24.3 Å². The number of hydrogen-bond acceptors (Lipinski definition) is 7. The van der Waals surface area contributed by atoms with Gasteiger partial charge in [-0.05, 0) is 48.2 Å². The van der Waals surface area contributed by atoms with Gasteiger partial charge in [-0.15, -0.1) is 0 Å². The Kier molecular flexibility index (Phi) is 8.21. The van der Waals surface area contributed by atoms with Crippen molar-refractivity contribution in [2.24, 2.45) is 0 Å². The summed E-state index contributed by atoms with van der Waals surface area (Å²) in [5.41, 5.74) is 2.48. The molecule has 0 aliphatic rings. The van der Waals surface area contributed by atoms with Crippen LogP contribution in [-0.2, 0) is 17.6 Å². The molecule has 35 heavy (non-hydrogen) atoms. The van der Waals surface area contributed by atoms with Gasteiger partial charge < -0.3 is 23.0 Å². The molecule has 0 radical (unpaired) electrons. The Hall–Kier alpha value is -3.58. The average Bonchev–Trinajstić information content (AvgIpc) is 2.83. The quantitative estimate of drug-likeness (QED) is 0.202. The summed E-state index contributed by atoms with van der Waals surface area (Å²) in [6.07, 6.45) is 3.69. The van der Waals surface area contributed by atoms with Gasteiger partial charge >= 0.3 is 11.3 Å². The highest BCUT2D eigenvalue weighted by atomic mass is 16.5. The van der Waals surface area contributed by atoms with E-state index in [0.717, 1.165) is 47.6 Å². The molecule has 2 aromatic heterocycles. The van der Waals surface area contributed by atoms with E-state index in [1.807, 2.05) is 12.1 Å². The lowest BCUT2D eigenvalue weighted by Crippen LogP contribution is -2.12. The minimum Gasteiger partial charge on any atom is -0.491 e. The molecule has 0 saturated heterocycles. The van der Waals surface area contributed by atoms with Gasteiger partial charge in [-0.25, -0.2) is 9.59 Å². The van der Waals surface area contributed by atoms with Crippen molar-refractivity contribution in [3.8, 4) is 11.5 Å². The Labute approximate surface area is 203 Å². The van der Waals surface area contributed by atoms with Crippen LogP contribution in [0.4, 0.5) is 0 Å². The molecule has 4 aromatic rings. The first kappa shape index (κ1) is 24.5. The first-order chi connectivity index (χ1) is 17.1. The topological polar surface area (TPSA) is 88.1 Å². The van der Waals surface area contributed by atoms with Gasteiger partial charge in [0.1, 0.15) is 35.9 Å². The van der Waals surface area contributed by atoms with Crippen LogP contribution in [0.15, 0.2) is 67.0 Å². The Bertz CT molecular complexity index is 1290. The second-order valence-electron chi connectivity index (χ2n) is 8.31. The van der Waals surface area contributed by atoms with Gasteiger partial charge in [0, 0.05) is 35.0 Å². The van der Waals surface area contributed by atoms with E-state index in [4.69, 9.17) is 23.0 Å². The van der Waals surface area contributed by atoms with Crippen LogP contribution in [0.1, 0.15) is 37.8 Å². The summed E-state index contributed by atoms with van der Waals surface area (Å²) >= 11 is 0. The lowest BCUT2D eigenvalue weighted by molar-refractivity contribution is 0.0764. The summed E-state index contributed by atoms with van der Waals surface area (Å²) < 4.78 is 28.0. The third-order valence-electron chi connectivity index (χ3n) is 5.63. The first-order valence-electron chi connectivity index (χ1n) is 12.0. The zero-order valence-corrected chi connectivity index (χ0v) is 20.1. The zero-order chi connectivity index (χ0) is 24.6. The molecule has 0 bridgehead atoms. The van der Waals surface area contributed by atoms with Crippen LogP contribution >= 0.6 is 0 Å². The molecule has 0 aliphatic carbocycles. The van der Waals surface area contributed by atoms with E-state index in [1.165, 1.54) is 12.1 Å². The number of aryl methyl sites for hydroxylation is 2. The normalized spacial score (nSPS) is 11.3. The highest BCUT2D eigenvalue weighted by Crippen LogP contribution is 2.27. The van der Waals surface area contributed by atoms with Crippen LogP contribution in [0, 0.1) is 0 Å². The molecule has 0 fully saturated rings. The van der Waals surface area contributed by atoms with Crippen LogP contribution in [0.25, 0.3) is 21.9 Å². The van der Waals surface area contributed by atoms with Crippen LogP contribution < -0.4 is 20.7 Å². The number of ether oxygens (including phenoxy) is 3. The minimum atomic E-state index is -0.379. The molecule has 0 amide bonds. The molecule has 2 heterocycles. The zero-order valence-electron chi connectivity index (χ0n) is 20.1. The molecule has 2 aromatic carbocycles. The third-order valence-corrected chi connectivity index (χ3v) is 5.63. The molecule has 184 valence electrons. The van der Waals surface area contributed by atoms with E-state index in [0.29, 0.717) is 49.1 Å². The third kappa shape index (κ3) is 6.31. The maximum atomic E-state index is 11.6. The van der Waals surface area contributed by atoms with E-state index in [2.05, 4.69) is 13.8 Å². The highest BCUT2D eigenvalue weighted by Gasteiger charge is 2.09. The van der Waals surface area contributed by atoms with E-state index in [-0.39, 0.29) is 11.3 Å². The fraction of sp³-hybridized carbons (Fsp3) is 0.357. The monoisotopic (exact) mass is 478 g/mol. The van der Waals surface area contributed by atoms with Crippen molar-refractivity contribution in [2.45, 2.75) is 39.5 Å². The van der Waals surface area contributed by atoms with Crippen molar-refractivity contribution in [2.75, 3.05) is 26.4 Å². The molecule has 0 spiro atoms. The molecular formula is C28H30O7. The summed E-state index contributed by atoms with van der Waals surface area (Å²) in [4.78, 5) is 23.2. The standard InChI is InChI=1S/C28H30O7/c1-3-5-19-15-21(17-25-23(19)7-9-27(29)34-25)32-13-11-31-12-14-33-22-16-20(6-4-2)24-8-10-28(30)35-26(24)18-22/h7-10,15-18H,3-6,11-14H2,1-2H3. The number of rotatable bonds is 12. The Balaban J connectivity index is 1.28. The first-order valence-corrected chi connectivity index (χ1v) is 12.0. The van der Waals surface area contributed by atoms with Gasteiger partial charge in [-0.2, -0.15) is 0 Å². The largest absolute Gasteiger partial charge is 0.491 e. The van der Waals surface area contributed by atoms with E-state index < -0.39 is 0 Å². The Morgan fingerprint density at radius 3 is 1.51 bits per heavy atom. The second kappa shape index (κ2) is 11.7. The number of fused-ring (bicyclic) bond motifs is 2. The van der Waals surface area contributed by atoms with Crippen LogP contribution in [0.2, 0.25) is 0 Å². The van der Waals surface area contributed by atoms with Gasteiger partial charge in [0.2, 0.25) is 0 Å². The second-order valence-corrected chi connectivity index (χ2v) is 8.31. The molecular weight excluding hydrogens is 448 g/mol. The Morgan fingerprint density at radius 1 is 0.629 bits per heavy atom. The van der Waals surface area contributed by atoms with Gasteiger partial charge in [0.25, 0.3) is 0 Å². The molecule has 0 atom stereocenters. The number of hydrogen-bond donors (Lipinski definition) is 0. The molecule has 7 heteroatoms. The van der Waals surface area contributed by atoms with E-state index >= 15 is 0 Å². The molecule has 0 N–H and O–H groups in total. The van der Waals surface area contributed by atoms with Crippen molar-refractivity contribution < 1.29 is 23.0 Å². The van der Waals surface area contributed by atoms with Crippen LogP contribution in [0.3, 0.4) is 0 Å². The highest BCUT2D eigenvalue weighted by molar-refractivity contribution is 5.82. The fourth-order valence-electron chi connectivity index (χ4n) is 4.11. The molecule has 0 unspecified atom stereocenters. The van der Waals surface area contributed by atoms with Gasteiger partial charge in [0.15, 0.2) is 0 Å². The van der Waals surface area contributed by atoms with Crippen LogP contribution in [0.5, 0.6) is 11.5 Å². The van der Waals surface area contributed by atoms with Gasteiger partial charge in [-0.3, -0.25) is 0 Å². The average molecular weight is 479 g/mol. The minimum absolute atomic E-state index is 0.357. The maximum absolute atomic E-state index is 11.6. The van der Waals surface area contributed by atoms with Gasteiger partial charge in [-0.1, -0.05) is 26.7 Å². The van der Waals surface area contributed by atoms with Crippen molar-refractivity contribution in [1.29, 1.82) is 0 Å². The van der Waals surface area contributed by atoms with Crippen molar-refractivity contribution in [1.82, 2.24) is 0 Å². The lowest BCUT2D eigenvalue weighted by Gasteiger charge is -2.12. The molecule has 0 aliphatic heterocycles. The summed E-state index contributed by atoms with van der Waals surface area (Å²) in [6, 6.07) is 13.9.